The van der Waals surface area contributed by atoms with Gasteiger partial charge in [-0.1, -0.05) is 13.8 Å². The minimum atomic E-state index is -3.52. The van der Waals surface area contributed by atoms with Crippen LogP contribution < -0.4 is 10.0 Å². The largest absolute Gasteiger partial charge is 0.318 e. The van der Waals surface area contributed by atoms with Gasteiger partial charge in [0.15, 0.2) is 0 Å². The van der Waals surface area contributed by atoms with Crippen molar-refractivity contribution in [1.29, 1.82) is 0 Å². The van der Waals surface area contributed by atoms with Gasteiger partial charge in [-0.2, -0.15) is 5.10 Å². The number of sulfonamides is 1. The number of hydrogen-bond donors (Lipinski definition) is 2. The Balaban J connectivity index is 3.09. The molecule has 0 aliphatic rings. The molecule has 20 heavy (non-hydrogen) atoms. The van der Waals surface area contributed by atoms with Crippen LogP contribution in [0.4, 0.5) is 0 Å². The Morgan fingerprint density at radius 2 is 1.85 bits per heavy atom. The highest BCUT2D eigenvalue weighted by Gasteiger charge is 2.26. The minimum Gasteiger partial charge on any atom is -0.318 e. The molecule has 0 aromatic carbocycles. The van der Waals surface area contributed by atoms with E-state index in [1.54, 1.807) is 18.5 Å². The van der Waals surface area contributed by atoms with Crippen LogP contribution in [-0.2, 0) is 16.6 Å². The molecular weight excluding hydrogens is 276 g/mol. The van der Waals surface area contributed by atoms with Crippen LogP contribution in [0.15, 0.2) is 4.90 Å². The molecule has 0 saturated heterocycles. The van der Waals surface area contributed by atoms with Gasteiger partial charge >= 0.3 is 0 Å². The van der Waals surface area contributed by atoms with Gasteiger partial charge in [-0.15, -0.1) is 0 Å². The van der Waals surface area contributed by atoms with Crippen molar-refractivity contribution in [3.05, 3.63) is 11.4 Å². The van der Waals surface area contributed by atoms with Gasteiger partial charge < -0.3 is 5.32 Å². The first-order valence-corrected chi connectivity index (χ1v) is 8.40. The van der Waals surface area contributed by atoms with E-state index in [9.17, 15) is 8.42 Å². The average molecular weight is 302 g/mol. The molecular formula is C13H26N4O2S. The van der Waals surface area contributed by atoms with E-state index in [2.05, 4.69) is 15.1 Å². The highest BCUT2D eigenvalue weighted by Crippen LogP contribution is 2.20. The van der Waals surface area contributed by atoms with E-state index < -0.39 is 10.0 Å². The zero-order valence-electron chi connectivity index (χ0n) is 13.2. The molecule has 0 amide bonds. The van der Waals surface area contributed by atoms with E-state index >= 15 is 0 Å². The van der Waals surface area contributed by atoms with Gasteiger partial charge in [-0.25, -0.2) is 13.1 Å². The van der Waals surface area contributed by atoms with Gasteiger partial charge in [0.05, 0.1) is 17.9 Å². The fraction of sp³-hybridized carbons (Fsp3) is 0.769. The van der Waals surface area contributed by atoms with Crippen LogP contribution in [0.1, 0.15) is 32.2 Å². The first kappa shape index (κ1) is 17.1. The van der Waals surface area contributed by atoms with Gasteiger partial charge in [-0.3, -0.25) is 4.68 Å². The highest BCUT2D eigenvalue weighted by molar-refractivity contribution is 7.89. The molecule has 1 unspecified atom stereocenters. The summed E-state index contributed by atoms with van der Waals surface area (Å²) in [6.07, 6.45) is 0. The maximum atomic E-state index is 12.5. The summed E-state index contributed by atoms with van der Waals surface area (Å²) in [5.41, 5.74) is 1.23. The zero-order valence-corrected chi connectivity index (χ0v) is 14.0. The number of likely N-dealkylation sites (N-methyl/N-ethyl adjacent to an activating group) is 1. The maximum absolute atomic E-state index is 12.5. The summed E-state index contributed by atoms with van der Waals surface area (Å²) in [4.78, 5) is 0.307. The number of aromatic nitrogens is 2. The molecule has 1 rings (SSSR count). The average Bonchev–Trinajstić information content (AvgIpc) is 2.61. The van der Waals surface area contributed by atoms with Crippen LogP contribution in [0.5, 0.6) is 0 Å². The predicted octanol–water partition coefficient (Wildman–Crippen LogP) is 1.04. The lowest BCUT2D eigenvalue weighted by molar-refractivity contribution is 0.476. The number of aryl methyl sites for hydroxylation is 1. The molecule has 116 valence electrons. The van der Waals surface area contributed by atoms with Crippen LogP contribution in [0.2, 0.25) is 0 Å². The van der Waals surface area contributed by atoms with E-state index in [1.165, 1.54) is 0 Å². The monoisotopic (exact) mass is 302 g/mol. The van der Waals surface area contributed by atoms with Crippen LogP contribution in [0.3, 0.4) is 0 Å². The molecule has 0 spiro atoms. The van der Waals surface area contributed by atoms with E-state index in [0.29, 0.717) is 22.8 Å². The fourth-order valence-corrected chi connectivity index (χ4v) is 3.75. The van der Waals surface area contributed by atoms with E-state index in [0.717, 1.165) is 6.54 Å². The first-order valence-electron chi connectivity index (χ1n) is 6.91. The number of nitrogens with zero attached hydrogens (tertiary/aromatic N) is 2. The summed E-state index contributed by atoms with van der Waals surface area (Å²) < 4.78 is 29.5. The third kappa shape index (κ3) is 3.80. The second-order valence-corrected chi connectivity index (χ2v) is 7.13. The van der Waals surface area contributed by atoms with Gasteiger partial charge in [0.2, 0.25) is 10.0 Å². The van der Waals surface area contributed by atoms with Crippen molar-refractivity contribution in [2.75, 3.05) is 13.6 Å². The lowest BCUT2D eigenvalue weighted by Crippen LogP contribution is -2.36. The SMILES string of the molecule is CNCCn1nc(C)c(S(=O)(=O)NC(C)C(C)C)c1C. The molecule has 1 aromatic rings. The van der Waals surface area contributed by atoms with E-state index in [1.807, 2.05) is 27.8 Å². The van der Waals surface area contributed by atoms with Gasteiger partial charge in [-0.05, 0) is 33.7 Å². The lowest BCUT2D eigenvalue weighted by atomic mass is 10.1. The molecule has 0 radical (unpaired) electrons. The summed E-state index contributed by atoms with van der Waals surface area (Å²) in [5.74, 6) is 0.240. The molecule has 2 N–H and O–H groups in total. The normalized spacial score (nSPS) is 13.9. The Bertz CT molecular complexity index is 549. The summed E-state index contributed by atoms with van der Waals surface area (Å²) >= 11 is 0. The second kappa shape index (κ2) is 6.69. The maximum Gasteiger partial charge on any atom is 0.244 e. The van der Waals surface area contributed by atoms with Crippen molar-refractivity contribution in [3.8, 4) is 0 Å². The number of rotatable bonds is 7. The molecule has 0 bridgehead atoms. The minimum absolute atomic E-state index is 0.112. The van der Waals surface area contributed by atoms with Crippen molar-refractivity contribution in [1.82, 2.24) is 19.8 Å². The molecule has 0 aliphatic carbocycles. The van der Waals surface area contributed by atoms with Crippen LogP contribution >= 0.6 is 0 Å². The fourth-order valence-electron chi connectivity index (χ4n) is 1.94. The van der Waals surface area contributed by atoms with Crippen molar-refractivity contribution in [2.24, 2.45) is 5.92 Å². The third-order valence-corrected chi connectivity index (χ3v) is 5.31. The number of hydrogen-bond acceptors (Lipinski definition) is 4. The molecule has 1 heterocycles. The van der Waals surface area contributed by atoms with Crippen LogP contribution in [-0.4, -0.2) is 37.8 Å². The standard InChI is InChI=1S/C13H26N4O2S/c1-9(2)10(3)16-20(18,19)13-11(4)15-17(12(13)5)8-7-14-6/h9-10,14,16H,7-8H2,1-6H3. The second-order valence-electron chi connectivity index (χ2n) is 5.48. The van der Waals surface area contributed by atoms with Crippen molar-refractivity contribution < 1.29 is 8.42 Å². The topological polar surface area (TPSA) is 76.0 Å². The van der Waals surface area contributed by atoms with Crippen molar-refractivity contribution >= 4 is 10.0 Å². The Hall–Kier alpha value is -0.920. The summed E-state index contributed by atoms with van der Waals surface area (Å²) in [6, 6.07) is -0.112. The molecule has 7 heteroatoms. The Kier molecular flexibility index (Phi) is 5.73. The van der Waals surface area contributed by atoms with Gasteiger partial charge in [0.1, 0.15) is 4.90 Å². The Morgan fingerprint density at radius 1 is 1.25 bits per heavy atom. The zero-order chi connectivity index (χ0) is 15.5. The highest BCUT2D eigenvalue weighted by atomic mass is 32.2. The van der Waals surface area contributed by atoms with Crippen molar-refractivity contribution in [2.45, 2.75) is 52.1 Å². The Labute approximate surface area is 122 Å². The number of nitrogens with one attached hydrogen (secondary N) is 2. The smallest absolute Gasteiger partial charge is 0.244 e. The van der Waals surface area contributed by atoms with Crippen LogP contribution in [0.25, 0.3) is 0 Å². The quantitative estimate of drug-likeness (QED) is 0.789. The van der Waals surface area contributed by atoms with E-state index in [4.69, 9.17) is 0 Å². The molecule has 1 aromatic heterocycles. The lowest BCUT2D eigenvalue weighted by Gasteiger charge is -2.17. The van der Waals surface area contributed by atoms with Gasteiger partial charge in [0, 0.05) is 12.6 Å². The molecule has 6 nitrogen and oxygen atoms in total. The molecule has 0 aliphatic heterocycles. The van der Waals surface area contributed by atoms with E-state index in [-0.39, 0.29) is 12.0 Å². The van der Waals surface area contributed by atoms with Crippen LogP contribution in [0, 0.1) is 19.8 Å². The third-order valence-electron chi connectivity index (χ3n) is 3.50. The molecule has 1 atom stereocenters. The molecule has 0 fully saturated rings. The molecule has 0 saturated carbocycles. The Morgan fingerprint density at radius 3 is 2.35 bits per heavy atom. The summed E-state index contributed by atoms with van der Waals surface area (Å²) in [5, 5.41) is 7.36. The summed E-state index contributed by atoms with van der Waals surface area (Å²) in [6.45, 7) is 10.8. The van der Waals surface area contributed by atoms with Crippen molar-refractivity contribution in [3.63, 3.8) is 0 Å². The predicted molar refractivity (Wildman–Crippen MR) is 80.2 cm³/mol. The first-order chi connectivity index (χ1) is 9.20. The van der Waals surface area contributed by atoms with Gasteiger partial charge in [0.25, 0.3) is 0 Å². The summed E-state index contributed by atoms with van der Waals surface area (Å²) in [7, 11) is -1.67.